The third kappa shape index (κ3) is 3.42. The van der Waals surface area contributed by atoms with E-state index in [4.69, 9.17) is 9.26 Å². The molecule has 1 spiro atoms. The molecule has 1 N–H and O–H groups in total. The van der Waals surface area contributed by atoms with Crippen molar-refractivity contribution >= 4 is 5.95 Å². The second kappa shape index (κ2) is 6.49. The zero-order valence-electron chi connectivity index (χ0n) is 13.9. The van der Waals surface area contributed by atoms with Crippen molar-refractivity contribution in [3.8, 4) is 0 Å². The lowest BCUT2D eigenvalue weighted by Crippen LogP contribution is -2.46. The highest BCUT2D eigenvalue weighted by atomic mass is 16.5. The molecule has 2 aromatic heterocycles. The summed E-state index contributed by atoms with van der Waals surface area (Å²) in [6.07, 6.45) is 6.56. The van der Waals surface area contributed by atoms with Crippen molar-refractivity contribution in [3.05, 3.63) is 36.0 Å². The number of hydrogen-bond acceptors (Lipinski definition) is 7. The minimum atomic E-state index is -0.0660. The Hall–Kier alpha value is -1.99. The monoisotopic (exact) mass is 329 g/mol. The fourth-order valence-electron chi connectivity index (χ4n) is 3.78. The Morgan fingerprint density at radius 1 is 1.38 bits per heavy atom. The van der Waals surface area contributed by atoms with Gasteiger partial charge < -0.3 is 14.6 Å². The van der Waals surface area contributed by atoms with Gasteiger partial charge in [-0.3, -0.25) is 4.90 Å². The maximum Gasteiger partial charge on any atom is 0.222 e. The molecule has 7 nitrogen and oxygen atoms in total. The normalized spacial score (nSPS) is 27.6. The number of likely N-dealkylation sites (tertiary alicyclic amines) is 1. The van der Waals surface area contributed by atoms with Crippen molar-refractivity contribution in [2.24, 2.45) is 0 Å². The molecule has 24 heavy (non-hydrogen) atoms. The van der Waals surface area contributed by atoms with Crippen molar-refractivity contribution in [1.29, 1.82) is 0 Å². The van der Waals surface area contributed by atoms with E-state index in [1.807, 2.05) is 19.1 Å². The van der Waals surface area contributed by atoms with Crippen LogP contribution < -0.4 is 5.32 Å². The van der Waals surface area contributed by atoms with Crippen molar-refractivity contribution in [2.45, 2.75) is 44.4 Å². The van der Waals surface area contributed by atoms with Crippen LogP contribution in [0.15, 0.2) is 29.0 Å². The van der Waals surface area contributed by atoms with Crippen LogP contribution in [0.25, 0.3) is 0 Å². The van der Waals surface area contributed by atoms with Gasteiger partial charge in [-0.25, -0.2) is 9.97 Å². The minimum absolute atomic E-state index is 0.0660. The standard InChI is InChI=1S/C17H23N5O2/c1-13-9-15(21-24-13)11-22-7-4-17(12-22)10-14(3-8-23-17)20-16-18-5-2-6-19-16/h2,5-6,9,14H,3-4,7-8,10-12H2,1H3,(H,18,19,20)/t14-,17-/m1/s1. The maximum atomic E-state index is 6.20. The Kier molecular flexibility index (Phi) is 4.20. The number of hydrogen-bond donors (Lipinski definition) is 1. The van der Waals surface area contributed by atoms with Crippen LogP contribution in [0.4, 0.5) is 5.95 Å². The largest absolute Gasteiger partial charge is 0.373 e. The molecule has 7 heteroatoms. The molecule has 2 saturated heterocycles. The number of anilines is 1. The summed E-state index contributed by atoms with van der Waals surface area (Å²) in [5.74, 6) is 1.56. The number of rotatable bonds is 4. The van der Waals surface area contributed by atoms with E-state index in [-0.39, 0.29) is 5.60 Å². The number of nitrogens with one attached hydrogen (secondary N) is 1. The van der Waals surface area contributed by atoms with Gasteiger partial charge >= 0.3 is 0 Å². The first kappa shape index (κ1) is 15.5. The molecule has 0 bridgehead atoms. The van der Waals surface area contributed by atoms with E-state index in [0.717, 1.165) is 57.0 Å². The highest BCUT2D eigenvalue weighted by Gasteiger charge is 2.43. The van der Waals surface area contributed by atoms with Crippen LogP contribution in [0.5, 0.6) is 0 Å². The fourth-order valence-corrected chi connectivity index (χ4v) is 3.78. The van der Waals surface area contributed by atoms with Gasteiger partial charge in [-0.05, 0) is 32.3 Å². The zero-order chi connectivity index (χ0) is 16.4. The Bertz CT molecular complexity index is 677. The predicted octanol–water partition coefficient (Wildman–Crippen LogP) is 2.01. The molecule has 0 radical (unpaired) electrons. The third-order valence-corrected chi connectivity index (χ3v) is 4.85. The Morgan fingerprint density at radius 3 is 3.04 bits per heavy atom. The van der Waals surface area contributed by atoms with E-state index in [2.05, 4.69) is 25.3 Å². The summed E-state index contributed by atoms with van der Waals surface area (Å²) in [4.78, 5) is 10.9. The van der Waals surface area contributed by atoms with Gasteiger partial charge in [-0.2, -0.15) is 0 Å². The van der Waals surface area contributed by atoms with E-state index in [0.29, 0.717) is 12.0 Å². The van der Waals surface area contributed by atoms with Crippen LogP contribution in [0, 0.1) is 6.92 Å². The van der Waals surface area contributed by atoms with Crippen LogP contribution in [0.1, 0.15) is 30.7 Å². The molecule has 0 amide bonds. The molecule has 2 aromatic rings. The molecule has 2 fully saturated rings. The first-order valence-corrected chi connectivity index (χ1v) is 8.53. The highest BCUT2D eigenvalue weighted by molar-refractivity contribution is 5.25. The van der Waals surface area contributed by atoms with Gasteiger partial charge in [0, 0.05) is 50.7 Å². The molecule has 0 unspecified atom stereocenters. The van der Waals surface area contributed by atoms with Gasteiger partial charge in [-0.15, -0.1) is 0 Å². The number of aryl methyl sites for hydroxylation is 1. The molecule has 0 aromatic carbocycles. The summed E-state index contributed by atoms with van der Waals surface area (Å²) in [5.41, 5.74) is 0.927. The lowest BCUT2D eigenvalue weighted by Gasteiger charge is -2.38. The highest BCUT2D eigenvalue weighted by Crippen LogP contribution is 2.35. The van der Waals surface area contributed by atoms with Gasteiger partial charge in [0.15, 0.2) is 0 Å². The fraction of sp³-hybridized carbons (Fsp3) is 0.588. The topological polar surface area (TPSA) is 76.3 Å². The summed E-state index contributed by atoms with van der Waals surface area (Å²) < 4.78 is 11.4. The molecule has 2 atom stereocenters. The Morgan fingerprint density at radius 2 is 2.25 bits per heavy atom. The SMILES string of the molecule is Cc1cc(CN2CC[C@@]3(C[C@H](Nc4ncccn4)CCO3)C2)no1. The van der Waals surface area contributed by atoms with Crippen molar-refractivity contribution in [1.82, 2.24) is 20.0 Å². The molecule has 4 heterocycles. The van der Waals surface area contributed by atoms with Crippen LogP contribution >= 0.6 is 0 Å². The van der Waals surface area contributed by atoms with E-state index >= 15 is 0 Å². The lowest BCUT2D eigenvalue weighted by molar-refractivity contribution is -0.0738. The molecular formula is C17H23N5O2. The second-order valence-corrected chi connectivity index (χ2v) is 6.83. The second-order valence-electron chi connectivity index (χ2n) is 6.83. The predicted molar refractivity (Wildman–Crippen MR) is 88.5 cm³/mol. The van der Waals surface area contributed by atoms with E-state index in [1.165, 1.54) is 0 Å². The van der Waals surface area contributed by atoms with Crippen molar-refractivity contribution < 1.29 is 9.26 Å². The van der Waals surface area contributed by atoms with Crippen LogP contribution in [-0.2, 0) is 11.3 Å². The number of ether oxygens (including phenoxy) is 1. The summed E-state index contributed by atoms with van der Waals surface area (Å²) in [5, 5.41) is 7.55. The summed E-state index contributed by atoms with van der Waals surface area (Å²) >= 11 is 0. The maximum absolute atomic E-state index is 6.20. The minimum Gasteiger partial charge on any atom is -0.373 e. The molecule has 4 rings (SSSR count). The van der Waals surface area contributed by atoms with Crippen molar-refractivity contribution in [2.75, 3.05) is 25.0 Å². The number of aromatic nitrogens is 3. The first-order chi connectivity index (χ1) is 11.7. The van der Waals surface area contributed by atoms with Gasteiger partial charge in [0.2, 0.25) is 5.95 Å². The zero-order valence-corrected chi connectivity index (χ0v) is 13.9. The molecule has 2 aliphatic heterocycles. The van der Waals surface area contributed by atoms with Gasteiger partial charge in [0.1, 0.15) is 5.76 Å². The molecule has 0 aliphatic carbocycles. The molecule has 128 valence electrons. The Labute approximate surface area is 141 Å². The summed E-state index contributed by atoms with van der Waals surface area (Å²) in [6.45, 7) is 5.49. The van der Waals surface area contributed by atoms with Crippen molar-refractivity contribution in [3.63, 3.8) is 0 Å². The molecule has 0 saturated carbocycles. The quantitative estimate of drug-likeness (QED) is 0.919. The molecular weight excluding hydrogens is 306 g/mol. The summed E-state index contributed by atoms with van der Waals surface area (Å²) in [7, 11) is 0. The van der Waals surface area contributed by atoms with Gasteiger partial charge in [-0.1, -0.05) is 5.16 Å². The number of nitrogens with zero attached hydrogens (tertiary/aromatic N) is 4. The third-order valence-electron chi connectivity index (χ3n) is 4.85. The summed E-state index contributed by atoms with van der Waals surface area (Å²) in [6, 6.07) is 4.19. The Balaban J connectivity index is 1.36. The van der Waals surface area contributed by atoms with Crippen LogP contribution in [0.2, 0.25) is 0 Å². The molecule has 2 aliphatic rings. The van der Waals surface area contributed by atoms with E-state index < -0.39 is 0 Å². The average molecular weight is 329 g/mol. The van der Waals surface area contributed by atoms with E-state index in [9.17, 15) is 0 Å². The first-order valence-electron chi connectivity index (χ1n) is 8.53. The van der Waals surface area contributed by atoms with Crippen LogP contribution in [-0.4, -0.2) is 51.4 Å². The smallest absolute Gasteiger partial charge is 0.222 e. The average Bonchev–Trinajstić information content (AvgIpc) is 3.15. The van der Waals surface area contributed by atoms with Gasteiger partial charge in [0.05, 0.1) is 11.3 Å². The lowest BCUT2D eigenvalue weighted by atomic mass is 9.89. The van der Waals surface area contributed by atoms with Crippen LogP contribution in [0.3, 0.4) is 0 Å². The van der Waals surface area contributed by atoms with E-state index in [1.54, 1.807) is 12.4 Å². The van der Waals surface area contributed by atoms with Gasteiger partial charge in [0.25, 0.3) is 0 Å².